The van der Waals surface area contributed by atoms with Crippen LogP contribution in [-0.2, 0) is 4.79 Å². The molecule has 4 aromatic rings. The SMILES string of the molecule is Cc1c(Oc2cc[nH]c(=N)c2)ccc(Nc2ncnc3cnc(C4=C[C@H](C)N(C(=O)C(F)Cl)CC4)nc23)c1F. The highest BCUT2D eigenvalue weighted by Gasteiger charge is 2.29. The Labute approximate surface area is 226 Å². The van der Waals surface area contributed by atoms with Crippen molar-refractivity contribution < 1.29 is 18.3 Å². The van der Waals surface area contributed by atoms with Crippen molar-refractivity contribution in [3.63, 3.8) is 0 Å². The van der Waals surface area contributed by atoms with Crippen LogP contribution < -0.4 is 15.5 Å². The summed E-state index contributed by atoms with van der Waals surface area (Å²) in [6, 6.07) is 5.87. The fraction of sp³-hybridized carbons (Fsp3) is 0.231. The molecule has 0 saturated heterocycles. The Morgan fingerprint density at radius 1 is 1.31 bits per heavy atom. The van der Waals surface area contributed by atoms with Gasteiger partial charge in [0.1, 0.15) is 34.3 Å². The summed E-state index contributed by atoms with van der Waals surface area (Å²) >= 11 is 5.34. The van der Waals surface area contributed by atoms with Gasteiger partial charge in [0.15, 0.2) is 17.5 Å². The maximum Gasteiger partial charge on any atom is 0.273 e. The lowest BCUT2D eigenvalue weighted by atomic mass is 10.0. The number of aromatic amines is 1. The second-order valence-electron chi connectivity index (χ2n) is 8.88. The molecule has 4 heterocycles. The van der Waals surface area contributed by atoms with Gasteiger partial charge in [-0.05, 0) is 44.0 Å². The average molecular weight is 553 g/mol. The molecule has 200 valence electrons. The van der Waals surface area contributed by atoms with Crippen molar-refractivity contribution in [2.75, 3.05) is 11.9 Å². The third-order valence-electron chi connectivity index (χ3n) is 6.28. The molecule has 0 fully saturated rings. The van der Waals surface area contributed by atoms with Gasteiger partial charge in [-0.2, -0.15) is 0 Å². The Hall–Kier alpha value is -4.45. The van der Waals surface area contributed by atoms with Crippen LogP contribution >= 0.6 is 11.6 Å². The van der Waals surface area contributed by atoms with Gasteiger partial charge in [-0.3, -0.25) is 10.2 Å². The van der Waals surface area contributed by atoms with Crippen molar-refractivity contribution in [3.05, 3.63) is 71.8 Å². The van der Waals surface area contributed by atoms with E-state index in [2.05, 4.69) is 30.2 Å². The van der Waals surface area contributed by atoms with E-state index >= 15 is 4.39 Å². The third-order valence-corrected chi connectivity index (χ3v) is 6.47. The number of halogens is 3. The van der Waals surface area contributed by atoms with Gasteiger partial charge in [-0.1, -0.05) is 17.7 Å². The highest BCUT2D eigenvalue weighted by atomic mass is 35.5. The van der Waals surface area contributed by atoms with Crippen molar-refractivity contribution in [3.8, 4) is 11.5 Å². The number of nitrogens with one attached hydrogen (secondary N) is 3. The molecule has 13 heteroatoms. The number of carbonyl (C=O) groups is 1. The molecule has 0 bridgehead atoms. The Morgan fingerprint density at radius 2 is 2.13 bits per heavy atom. The molecular weight excluding hydrogens is 530 g/mol. The first-order valence-electron chi connectivity index (χ1n) is 12.0. The Balaban J connectivity index is 1.43. The van der Waals surface area contributed by atoms with E-state index in [1.54, 1.807) is 44.4 Å². The maximum atomic E-state index is 15.4. The smallest absolute Gasteiger partial charge is 0.273 e. The number of amides is 1. The van der Waals surface area contributed by atoms with Crippen LogP contribution in [0.5, 0.6) is 11.5 Å². The van der Waals surface area contributed by atoms with Gasteiger partial charge < -0.3 is 19.9 Å². The first-order valence-corrected chi connectivity index (χ1v) is 12.4. The molecule has 3 N–H and O–H groups in total. The third kappa shape index (κ3) is 5.41. The maximum absolute atomic E-state index is 15.4. The predicted molar refractivity (Wildman–Crippen MR) is 141 cm³/mol. The van der Waals surface area contributed by atoms with Gasteiger partial charge in [0, 0.05) is 30.4 Å². The molecule has 3 aromatic heterocycles. The van der Waals surface area contributed by atoms with E-state index < -0.39 is 23.4 Å². The molecule has 10 nitrogen and oxygen atoms in total. The van der Waals surface area contributed by atoms with Crippen LogP contribution in [0.15, 0.2) is 49.1 Å². The summed E-state index contributed by atoms with van der Waals surface area (Å²) in [5.74, 6) is 0.0592. The molecule has 1 aliphatic rings. The lowest BCUT2D eigenvalue weighted by molar-refractivity contribution is -0.134. The molecule has 0 aliphatic carbocycles. The number of benzene rings is 1. The molecule has 0 spiro atoms. The molecular formula is C26H23ClF2N8O2. The van der Waals surface area contributed by atoms with Crippen LogP contribution in [0, 0.1) is 18.2 Å². The molecule has 5 rings (SSSR count). The van der Waals surface area contributed by atoms with Crippen LogP contribution in [0.25, 0.3) is 16.6 Å². The number of carbonyl (C=O) groups excluding carboxylic acids is 1. The molecule has 2 atom stereocenters. The first-order chi connectivity index (χ1) is 18.7. The number of H-pyrrole nitrogens is 1. The van der Waals surface area contributed by atoms with Crippen molar-refractivity contribution in [2.24, 2.45) is 0 Å². The zero-order valence-corrected chi connectivity index (χ0v) is 21.6. The summed E-state index contributed by atoms with van der Waals surface area (Å²) in [5.41, 5.74) is 0.0805. The van der Waals surface area contributed by atoms with Crippen molar-refractivity contribution in [2.45, 2.75) is 31.9 Å². The van der Waals surface area contributed by atoms with Crippen LogP contribution in [-0.4, -0.2) is 53.9 Å². The van der Waals surface area contributed by atoms with Crippen LogP contribution in [0.2, 0.25) is 0 Å². The van der Waals surface area contributed by atoms with Gasteiger partial charge in [-0.25, -0.2) is 28.7 Å². The summed E-state index contributed by atoms with van der Waals surface area (Å²) in [4.78, 5) is 33.6. The van der Waals surface area contributed by atoms with E-state index in [9.17, 15) is 9.18 Å². The first kappa shape index (κ1) is 26.2. The molecule has 1 amide bonds. The highest BCUT2D eigenvalue weighted by molar-refractivity contribution is 6.29. The minimum absolute atomic E-state index is 0.157. The van der Waals surface area contributed by atoms with Crippen molar-refractivity contribution >= 4 is 45.6 Å². The van der Waals surface area contributed by atoms with Gasteiger partial charge >= 0.3 is 0 Å². The summed E-state index contributed by atoms with van der Waals surface area (Å²) in [6.07, 6.45) is 6.62. The molecule has 1 unspecified atom stereocenters. The fourth-order valence-electron chi connectivity index (χ4n) is 4.27. The fourth-order valence-corrected chi connectivity index (χ4v) is 4.40. The summed E-state index contributed by atoms with van der Waals surface area (Å²) in [6.45, 7) is 3.61. The number of alkyl halides is 2. The molecule has 39 heavy (non-hydrogen) atoms. The predicted octanol–water partition coefficient (Wildman–Crippen LogP) is 4.75. The van der Waals surface area contributed by atoms with Crippen molar-refractivity contribution in [1.29, 1.82) is 5.41 Å². The average Bonchev–Trinajstić information content (AvgIpc) is 2.92. The van der Waals surface area contributed by atoms with E-state index in [-0.39, 0.29) is 29.1 Å². The molecule has 0 saturated carbocycles. The molecule has 1 aromatic carbocycles. The standard InChI is InChI=1S/C26H23ClF2N8O2/c1-13-9-15(6-8-37(13)26(38)23(27)29)24-32-11-18-22(36-24)25(34-12-33-18)35-17-3-4-19(14(2)21(17)28)39-16-5-7-31-20(30)10-16/h3-5,7,9-13,23H,6,8H2,1-2H3,(H2,30,31)(H,33,34,35)/t13-,23?/m0/s1. The van der Waals surface area contributed by atoms with Gasteiger partial charge in [0.2, 0.25) is 0 Å². The highest BCUT2D eigenvalue weighted by Crippen LogP contribution is 2.33. The number of nitrogens with zero attached hydrogens (tertiary/aromatic N) is 5. The lowest BCUT2D eigenvalue weighted by Crippen LogP contribution is -2.43. The lowest BCUT2D eigenvalue weighted by Gasteiger charge is -2.32. The Morgan fingerprint density at radius 3 is 2.87 bits per heavy atom. The summed E-state index contributed by atoms with van der Waals surface area (Å²) in [5, 5.41) is 10.7. The van der Waals surface area contributed by atoms with Gasteiger partial charge in [0.05, 0.1) is 11.9 Å². The van der Waals surface area contributed by atoms with E-state index in [0.717, 1.165) is 5.57 Å². The van der Waals surface area contributed by atoms with Crippen LogP contribution in [0.1, 0.15) is 24.7 Å². The monoisotopic (exact) mass is 552 g/mol. The van der Waals surface area contributed by atoms with E-state index in [4.69, 9.17) is 21.7 Å². The van der Waals surface area contributed by atoms with E-state index in [0.29, 0.717) is 34.8 Å². The summed E-state index contributed by atoms with van der Waals surface area (Å²) < 4.78 is 34.4. The Kier molecular flexibility index (Phi) is 7.20. The number of aromatic nitrogens is 5. The molecule has 0 radical (unpaired) electrons. The second-order valence-corrected chi connectivity index (χ2v) is 9.26. The summed E-state index contributed by atoms with van der Waals surface area (Å²) in [7, 11) is 0. The number of hydrogen-bond donors (Lipinski definition) is 3. The number of hydrogen-bond acceptors (Lipinski definition) is 8. The van der Waals surface area contributed by atoms with Crippen LogP contribution in [0.3, 0.4) is 0 Å². The molecule has 1 aliphatic heterocycles. The number of rotatable bonds is 6. The Bertz CT molecular complexity index is 1660. The minimum atomic E-state index is -2.09. The number of ether oxygens (including phenoxy) is 1. The largest absolute Gasteiger partial charge is 0.457 e. The minimum Gasteiger partial charge on any atom is -0.457 e. The zero-order valence-electron chi connectivity index (χ0n) is 20.9. The number of fused-ring (bicyclic) bond motifs is 1. The number of pyridine rings is 1. The van der Waals surface area contributed by atoms with Crippen molar-refractivity contribution in [1.82, 2.24) is 29.8 Å². The second kappa shape index (κ2) is 10.7. The quantitative estimate of drug-likeness (QED) is 0.294. The van der Waals surface area contributed by atoms with Gasteiger partial charge in [0.25, 0.3) is 11.5 Å². The van der Waals surface area contributed by atoms with Gasteiger partial charge in [-0.15, -0.1) is 0 Å². The topological polar surface area (TPSA) is 133 Å². The van der Waals surface area contributed by atoms with E-state index in [1.807, 2.05) is 0 Å². The van der Waals surface area contributed by atoms with Crippen LogP contribution in [0.4, 0.5) is 20.3 Å². The van der Waals surface area contributed by atoms with E-state index in [1.165, 1.54) is 23.4 Å². The number of anilines is 2. The normalized spacial score (nSPS) is 16.1. The zero-order chi connectivity index (χ0) is 27.7.